The van der Waals surface area contributed by atoms with Gasteiger partial charge in [-0.1, -0.05) is 40.0 Å². The third kappa shape index (κ3) is 6.39. The number of nitrogens with one attached hydrogen (secondary N) is 1. The van der Waals surface area contributed by atoms with Crippen molar-refractivity contribution >= 4 is 5.91 Å². The van der Waals surface area contributed by atoms with E-state index in [9.17, 15) is 4.79 Å². The molecular formula is C15H30N2O2. The number of nitrogens with two attached hydrogens (primary N) is 1. The van der Waals surface area contributed by atoms with E-state index < -0.39 is 6.04 Å². The first kappa shape index (κ1) is 16.4. The van der Waals surface area contributed by atoms with Crippen LogP contribution < -0.4 is 11.1 Å². The summed E-state index contributed by atoms with van der Waals surface area (Å²) >= 11 is 0. The van der Waals surface area contributed by atoms with Crippen LogP contribution in [0.5, 0.6) is 0 Å². The van der Waals surface area contributed by atoms with Gasteiger partial charge in [-0.05, 0) is 24.7 Å². The highest BCUT2D eigenvalue weighted by Crippen LogP contribution is 2.20. The molecule has 4 heteroatoms. The van der Waals surface area contributed by atoms with Gasteiger partial charge in [0, 0.05) is 13.2 Å². The number of carbonyl (C=O) groups excluding carboxylic acids is 1. The van der Waals surface area contributed by atoms with E-state index in [2.05, 4.69) is 5.32 Å². The predicted octanol–water partition coefficient (Wildman–Crippen LogP) is 2.22. The normalized spacial score (nSPS) is 19.2. The number of hydrogen-bond acceptors (Lipinski definition) is 3. The van der Waals surface area contributed by atoms with Gasteiger partial charge in [-0.25, -0.2) is 0 Å². The van der Waals surface area contributed by atoms with E-state index in [0.717, 1.165) is 13.0 Å². The lowest BCUT2D eigenvalue weighted by Crippen LogP contribution is -2.48. The molecule has 0 bridgehead atoms. The van der Waals surface area contributed by atoms with Crippen LogP contribution in [-0.2, 0) is 9.53 Å². The molecule has 1 saturated carbocycles. The molecule has 112 valence electrons. The maximum absolute atomic E-state index is 11.8. The molecule has 1 fully saturated rings. The van der Waals surface area contributed by atoms with E-state index in [-0.39, 0.29) is 11.3 Å². The third-order valence-electron chi connectivity index (χ3n) is 3.74. The minimum Gasteiger partial charge on any atom is -0.378 e. The van der Waals surface area contributed by atoms with Crippen LogP contribution in [0.25, 0.3) is 0 Å². The van der Waals surface area contributed by atoms with E-state index in [1.807, 2.05) is 20.8 Å². The summed E-state index contributed by atoms with van der Waals surface area (Å²) in [6, 6.07) is -0.452. The lowest BCUT2D eigenvalue weighted by atomic mass is 9.87. The summed E-state index contributed by atoms with van der Waals surface area (Å²) in [5.41, 5.74) is 5.69. The fraction of sp³-hybridized carbons (Fsp3) is 0.933. The van der Waals surface area contributed by atoms with E-state index in [1.165, 1.54) is 32.1 Å². The fourth-order valence-corrected chi connectivity index (χ4v) is 2.27. The van der Waals surface area contributed by atoms with Crippen LogP contribution in [0.15, 0.2) is 0 Å². The van der Waals surface area contributed by atoms with Crippen LogP contribution in [0.1, 0.15) is 59.3 Å². The van der Waals surface area contributed by atoms with E-state index in [4.69, 9.17) is 10.5 Å². The van der Waals surface area contributed by atoms with Crippen LogP contribution in [0.3, 0.4) is 0 Å². The quantitative estimate of drug-likeness (QED) is 0.727. The summed E-state index contributed by atoms with van der Waals surface area (Å²) in [4.78, 5) is 11.8. The van der Waals surface area contributed by atoms with Gasteiger partial charge < -0.3 is 15.8 Å². The Bertz CT molecular complexity index is 268. The highest BCUT2D eigenvalue weighted by atomic mass is 16.5. The summed E-state index contributed by atoms with van der Waals surface area (Å²) in [7, 11) is 0. The lowest BCUT2D eigenvalue weighted by molar-refractivity contribution is -0.124. The molecule has 1 aliphatic rings. The van der Waals surface area contributed by atoms with Gasteiger partial charge in [0.15, 0.2) is 0 Å². The largest absolute Gasteiger partial charge is 0.378 e. The van der Waals surface area contributed by atoms with Gasteiger partial charge in [0.2, 0.25) is 5.91 Å². The Labute approximate surface area is 117 Å². The maximum Gasteiger partial charge on any atom is 0.237 e. The SMILES string of the molecule is CC(C)(C)[C@@H](N)C(=O)NCCCOC1CCCCC1. The zero-order valence-electron chi connectivity index (χ0n) is 12.7. The molecule has 0 unspecified atom stereocenters. The average Bonchev–Trinajstić information content (AvgIpc) is 2.37. The van der Waals surface area contributed by atoms with Crippen LogP contribution >= 0.6 is 0 Å². The molecule has 0 heterocycles. The zero-order valence-corrected chi connectivity index (χ0v) is 12.7. The number of ether oxygens (including phenoxy) is 1. The third-order valence-corrected chi connectivity index (χ3v) is 3.74. The molecule has 0 radical (unpaired) electrons. The van der Waals surface area contributed by atoms with Crippen molar-refractivity contribution in [1.29, 1.82) is 0 Å². The van der Waals surface area contributed by atoms with Gasteiger partial charge in [0.05, 0.1) is 12.1 Å². The Morgan fingerprint density at radius 1 is 1.32 bits per heavy atom. The standard InChI is InChI=1S/C15H30N2O2/c1-15(2,3)13(16)14(18)17-10-7-11-19-12-8-5-4-6-9-12/h12-13H,4-11,16H2,1-3H3,(H,17,18)/t13-/m0/s1. The van der Waals surface area contributed by atoms with Crippen molar-refractivity contribution in [3.63, 3.8) is 0 Å². The van der Waals surface area contributed by atoms with E-state index in [0.29, 0.717) is 12.6 Å². The summed E-state index contributed by atoms with van der Waals surface area (Å²) in [5, 5.41) is 2.88. The molecule has 0 aromatic rings. The van der Waals surface area contributed by atoms with Crippen molar-refractivity contribution in [3.05, 3.63) is 0 Å². The molecule has 0 aromatic heterocycles. The van der Waals surface area contributed by atoms with Gasteiger partial charge in [0.25, 0.3) is 0 Å². The molecule has 19 heavy (non-hydrogen) atoms. The second-order valence-electron chi connectivity index (χ2n) is 6.62. The predicted molar refractivity (Wildman–Crippen MR) is 77.9 cm³/mol. The molecule has 1 aliphatic carbocycles. The topological polar surface area (TPSA) is 64.4 Å². The second kappa shape index (κ2) is 7.85. The second-order valence-corrected chi connectivity index (χ2v) is 6.62. The molecular weight excluding hydrogens is 240 g/mol. The minimum absolute atomic E-state index is 0.0647. The summed E-state index contributed by atoms with van der Waals surface area (Å²) in [5.74, 6) is -0.0647. The van der Waals surface area contributed by atoms with E-state index in [1.54, 1.807) is 0 Å². The summed E-state index contributed by atoms with van der Waals surface area (Å²) < 4.78 is 5.81. The van der Waals surface area contributed by atoms with Crippen molar-refractivity contribution in [1.82, 2.24) is 5.32 Å². The molecule has 0 spiro atoms. The van der Waals surface area contributed by atoms with Crippen LogP contribution in [0.2, 0.25) is 0 Å². The molecule has 0 saturated heterocycles. The van der Waals surface area contributed by atoms with E-state index >= 15 is 0 Å². The van der Waals surface area contributed by atoms with Crippen LogP contribution in [0.4, 0.5) is 0 Å². The maximum atomic E-state index is 11.8. The first-order valence-electron chi connectivity index (χ1n) is 7.56. The van der Waals surface area contributed by atoms with Gasteiger partial charge in [0.1, 0.15) is 0 Å². The highest BCUT2D eigenvalue weighted by molar-refractivity contribution is 5.82. The monoisotopic (exact) mass is 270 g/mol. The van der Waals surface area contributed by atoms with Crippen molar-refractivity contribution in [2.24, 2.45) is 11.1 Å². The Morgan fingerprint density at radius 3 is 2.53 bits per heavy atom. The number of hydrogen-bond donors (Lipinski definition) is 2. The van der Waals surface area contributed by atoms with Gasteiger partial charge >= 0.3 is 0 Å². The smallest absolute Gasteiger partial charge is 0.237 e. The van der Waals surface area contributed by atoms with Gasteiger partial charge in [-0.15, -0.1) is 0 Å². The average molecular weight is 270 g/mol. The summed E-state index contributed by atoms with van der Waals surface area (Å²) in [6.07, 6.45) is 7.63. The molecule has 0 aromatic carbocycles. The molecule has 1 atom stereocenters. The number of amides is 1. The van der Waals surface area contributed by atoms with Crippen LogP contribution in [-0.4, -0.2) is 31.2 Å². The lowest BCUT2D eigenvalue weighted by Gasteiger charge is -2.26. The Morgan fingerprint density at radius 2 is 1.95 bits per heavy atom. The zero-order chi connectivity index (χ0) is 14.3. The number of carbonyl (C=O) groups is 1. The Kier molecular flexibility index (Phi) is 6.80. The molecule has 1 rings (SSSR count). The minimum atomic E-state index is -0.452. The molecule has 4 nitrogen and oxygen atoms in total. The van der Waals surface area contributed by atoms with Crippen molar-refractivity contribution in [2.75, 3.05) is 13.2 Å². The Hall–Kier alpha value is -0.610. The van der Waals surface area contributed by atoms with Gasteiger partial charge in [-0.2, -0.15) is 0 Å². The molecule has 1 amide bonds. The van der Waals surface area contributed by atoms with Crippen molar-refractivity contribution < 1.29 is 9.53 Å². The molecule has 0 aliphatic heterocycles. The Balaban J connectivity index is 2.05. The van der Waals surface area contributed by atoms with Crippen molar-refractivity contribution in [2.45, 2.75) is 71.4 Å². The van der Waals surface area contributed by atoms with Gasteiger partial charge in [-0.3, -0.25) is 4.79 Å². The first-order chi connectivity index (χ1) is 8.91. The van der Waals surface area contributed by atoms with Crippen molar-refractivity contribution in [3.8, 4) is 0 Å². The first-order valence-corrected chi connectivity index (χ1v) is 7.56. The number of rotatable bonds is 6. The fourth-order valence-electron chi connectivity index (χ4n) is 2.27. The summed E-state index contributed by atoms with van der Waals surface area (Å²) in [6.45, 7) is 7.31. The molecule has 3 N–H and O–H groups in total. The van der Waals surface area contributed by atoms with Crippen LogP contribution in [0, 0.1) is 5.41 Å². The highest BCUT2D eigenvalue weighted by Gasteiger charge is 2.26.